The van der Waals surface area contributed by atoms with Crippen molar-refractivity contribution in [2.75, 3.05) is 6.54 Å². The summed E-state index contributed by atoms with van der Waals surface area (Å²) in [6.07, 6.45) is 0. The lowest BCUT2D eigenvalue weighted by Crippen LogP contribution is -2.36. The van der Waals surface area contributed by atoms with Gasteiger partial charge in [0, 0.05) is 12.6 Å². The highest BCUT2D eigenvalue weighted by molar-refractivity contribution is 7.89. The van der Waals surface area contributed by atoms with Crippen molar-refractivity contribution in [3.63, 3.8) is 0 Å². The Morgan fingerprint density at radius 2 is 1.83 bits per heavy atom. The Morgan fingerprint density at radius 3 is 2.22 bits per heavy atom. The Morgan fingerprint density at radius 1 is 1.33 bits per heavy atom. The largest absolute Gasteiger partial charge is 0.389 e. The zero-order valence-electron chi connectivity index (χ0n) is 10.8. The van der Waals surface area contributed by atoms with E-state index in [2.05, 4.69) is 5.32 Å². The van der Waals surface area contributed by atoms with E-state index in [0.717, 1.165) is 5.56 Å². The normalized spacial score (nSPS) is 14.5. The van der Waals surface area contributed by atoms with E-state index in [1.807, 2.05) is 6.92 Å². The lowest BCUT2D eigenvalue weighted by Gasteiger charge is -2.22. The first kappa shape index (κ1) is 15.1. The molecule has 0 aromatic heterocycles. The molecule has 0 bridgehead atoms. The molecule has 0 saturated carbocycles. The molecule has 0 spiro atoms. The first-order chi connectivity index (χ1) is 8.09. The third-order valence-electron chi connectivity index (χ3n) is 2.55. The van der Waals surface area contributed by atoms with Gasteiger partial charge in [0.1, 0.15) is 0 Å². The molecule has 0 fully saturated rings. The van der Waals surface area contributed by atoms with Crippen molar-refractivity contribution in [3.8, 4) is 0 Å². The van der Waals surface area contributed by atoms with Gasteiger partial charge in [0.05, 0.1) is 10.5 Å². The molecular formula is C12H20N2O3S. The second-order valence-electron chi connectivity index (χ2n) is 5.03. The summed E-state index contributed by atoms with van der Waals surface area (Å²) in [5, 5.41) is 17.8. The van der Waals surface area contributed by atoms with Gasteiger partial charge in [-0.1, -0.05) is 12.1 Å². The van der Waals surface area contributed by atoms with Gasteiger partial charge >= 0.3 is 0 Å². The van der Waals surface area contributed by atoms with Gasteiger partial charge in [0.2, 0.25) is 10.0 Å². The van der Waals surface area contributed by atoms with Gasteiger partial charge in [0.25, 0.3) is 0 Å². The molecule has 5 nitrogen and oxygen atoms in total. The SMILES string of the molecule is CC(NCC(C)(C)O)c1ccc(S(N)(=O)=O)cc1. The molecule has 6 heteroatoms. The molecule has 102 valence electrons. The van der Waals surface area contributed by atoms with Crippen LogP contribution in [0.4, 0.5) is 0 Å². The summed E-state index contributed by atoms with van der Waals surface area (Å²) >= 11 is 0. The molecule has 0 heterocycles. The van der Waals surface area contributed by atoms with Crippen molar-refractivity contribution >= 4 is 10.0 Å². The summed E-state index contributed by atoms with van der Waals surface area (Å²) in [5.74, 6) is 0. The van der Waals surface area contributed by atoms with Gasteiger partial charge in [0.15, 0.2) is 0 Å². The maximum atomic E-state index is 11.1. The van der Waals surface area contributed by atoms with E-state index >= 15 is 0 Å². The van der Waals surface area contributed by atoms with Crippen molar-refractivity contribution in [1.29, 1.82) is 0 Å². The van der Waals surface area contributed by atoms with Crippen molar-refractivity contribution in [2.45, 2.75) is 37.3 Å². The number of hydrogen-bond acceptors (Lipinski definition) is 4. The fourth-order valence-corrected chi connectivity index (χ4v) is 1.98. The van der Waals surface area contributed by atoms with Crippen LogP contribution in [0.25, 0.3) is 0 Å². The Balaban J connectivity index is 2.74. The number of primary sulfonamides is 1. The van der Waals surface area contributed by atoms with E-state index in [9.17, 15) is 13.5 Å². The van der Waals surface area contributed by atoms with Crippen LogP contribution in [-0.2, 0) is 10.0 Å². The van der Waals surface area contributed by atoms with Gasteiger partial charge in [-0.2, -0.15) is 0 Å². The van der Waals surface area contributed by atoms with Crippen molar-refractivity contribution in [3.05, 3.63) is 29.8 Å². The van der Waals surface area contributed by atoms with Crippen LogP contribution in [0, 0.1) is 0 Å². The third-order valence-corrected chi connectivity index (χ3v) is 3.48. The highest BCUT2D eigenvalue weighted by Gasteiger charge is 2.15. The monoisotopic (exact) mass is 272 g/mol. The van der Waals surface area contributed by atoms with Crippen LogP contribution in [0.15, 0.2) is 29.2 Å². The molecule has 0 aliphatic carbocycles. The smallest absolute Gasteiger partial charge is 0.238 e. The summed E-state index contributed by atoms with van der Waals surface area (Å²) in [6, 6.07) is 6.40. The fourth-order valence-electron chi connectivity index (χ4n) is 1.47. The standard InChI is InChI=1S/C12H20N2O3S/c1-9(14-8-12(2,3)15)10-4-6-11(7-5-10)18(13,16)17/h4-7,9,14-15H,8H2,1-3H3,(H2,13,16,17). The van der Waals surface area contributed by atoms with Crippen LogP contribution < -0.4 is 10.5 Å². The molecule has 0 radical (unpaired) electrons. The lowest BCUT2D eigenvalue weighted by molar-refractivity contribution is 0.0770. The van der Waals surface area contributed by atoms with E-state index in [1.54, 1.807) is 26.0 Å². The molecule has 1 aromatic rings. The molecule has 0 aliphatic rings. The molecular weight excluding hydrogens is 252 g/mol. The predicted octanol–water partition coefficient (Wildman–Crippen LogP) is 0.756. The van der Waals surface area contributed by atoms with E-state index in [0.29, 0.717) is 6.54 Å². The number of nitrogens with two attached hydrogens (primary N) is 1. The topological polar surface area (TPSA) is 92.4 Å². The highest BCUT2D eigenvalue weighted by Crippen LogP contribution is 2.16. The molecule has 0 amide bonds. The lowest BCUT2D eigenvalue weighted by atomic mass is 10.1. The van der Waals surface area contributed by atoms with E-state index in [4.69, 9.17) is 5.14 Å². The number of hydrogen-bond donors (Lipinski definition) is 3. The van der Waals surface area contributed by atoms with Crippen molar-refractivity contribution in [2.24, 2.45) is 5.14 Å². The van der Waals surface area contributed by atoms with Crippen molar-refractivity contribution in [1.82, 2.24) is 5.32 Å². The second kappa shape index (κ2) is 5.36. The number of sulfonamides is 1. The summed E-state index contributed by atoms with van der Waals surface area (Å²) in [4.78, 5) is 0.0981. The minimum absolute atomic E-state index is 0.0194. The Labute approximate surface area is 108 Å². The van der Waals surface area contributed by atoms with E-state index in [1.165, 1.54) is 12.1 Å². The summed E-state index contributed by atoms with van der Waals surface area (Å²) in [6.45, 7) is 5.83. The highest BCUT2D eigenvalue weighted by atomic mass is 32.2. The fraction of sp³-hybridized carbons (Fsp3) is 0.500. The van der Waals surface area contributed by atoms with Crippen molar-refractivity contribution < 1.29 is 13.5 Å². The van der Waals surface area contributed by atoms with E-state index < -0.39 is 15.6 Å². The third kappa shape index (κ3) is 4.73. The Kier molecular flexibility index (Phi) is 4.50. The quantitative estimate of drug-likeness (QED) is 0.737. The molecule has 1 rings (SSSR count). The Bertz CT molecular complexity index is 489. The minimum Gasteiger partial charge on any atom is -0.389 e. The molecule has 1 aromatic carbocycles. The maximum Gasteiger partial charge on any atom is 0.238 e. The van der Waals surface area contributed by atoms with Crippen LogP contribution in [0.2, 0.25) is 0 Å². The minimum atomic E-state index is -3.64. The molecule has 0 saturated heterocycles. The molecule has 1 unspecified atom stereocenters. The predicted molar refractivity (Wildman–Crippen MR) is 70.5 cm³/mol. The van der Waals surface area contributed by atoms with Crippen LogP contribution in [0.3, 0.4) is 0 Å². The first-order valence-corrected chi connectivity index (χ1v) is 7.23. The zero-order valence-corrected chi connectivity index (χ0v) is 11.7. The summed E-state index contributed by atoms with van der Waals surface area (Å²) in [5.41, 5.74) is 0.154. The summed E-state index contributed by atoms with van der Waals surface area (Å²) < 4.78 is 22.2. The van der Waals surface area contributed by atoms with Crippen LogP contribution in [0.5, 0.6) is 0 Å². The van der Waals surface area contributed by atoms with Gasteiger partial charge in [-0.15, -0.1) is 0 Å². The average Bonchev–Trinajstić information content (AvgIpc) is 2.24. The first-order valence-electron chi connectivity index (χ1n) is 5.68. The van der Waals surface area contributed by atoms with Crippen LogP contribution >= 0.6 is 0 Å². The van der Waals surface area contributed by atoms with E-state index in [-0.39, 0.29) is 10.9 Å². The zero-order chi connectivity index (χ0) is 14.0. The second-order valence-corrected chi connectivity index (χ2v) is 6.59. The molecule has 1 atom stereocenters. The molecule has 0 aliphatic heterocycles. The van der Waals surface area contributed by atoms with Gasteiger partial charge in [-0.25, -0.2) is 13.6 Å². The number of benzene rings is 1. The van der Waals surface area contributed by atoms with Gasteiger partial charge < -0.3 is 10.4 Å². The Hall–Kier alpha value is -0.950. The number of rotatable bonds is 5. The summed E-state index contributed by atoms with van der Waals surface area (Å²) in [7, 11) is -3.64. The average molecular weight is 272 g/mol. The van der Waals surface area contributed by atoms with Crippen LogP contribution in [0.1, 0.15) is 32.4 Å². The van der Waals surface area contributed by atoms with Gasteiger partial charge in [-0.05, 0) is 38.5 Å². The number of aliphatic hydroxyl groups is 1. The molecule has 4 N–H and O–H groups in total. The number of nitrogens with one attached hydrogen (secondary N) is 1. The molecule has 18 heavy (non-hydrogen) atoms. The maximum absolute atomic E-state index is 11.1. The van der Waals surface area contributed by atoms with Crippen LogP contribution in [-0.4, -0.2) is 25.7 Å². The van der Waals surface area contributed by atoms with Gasteiger partial charge in [-0.3, -0.25) is 0 Å².